The molecule has 0 saturated carbocycles. The van der Waals surface area contributed by atoms with E-state index in [2.05, 4.69) is 30.9 Å². The molecule has 0 aromatic heterocycles. The maximum atomic E-state index is 4.90. The average molecular weight is 127 g/mol. The summed E-state index contributed by atoms with van der Waals surface area (Å²) in [5.74, 6) is 0. The van der Waals surface area contributed by atoms with Gasteiger partial charge in [0.05, 0.1) is 0 Å². The van der Waals surface area contributed by atoms with Crippen molar-refractivity contribution in [2.75, 3.05) is 0 Å². The van der Waals surface area contributed by atoms with E-state index in [0.717, 1.165) is 0 Å². The van der Waals surface area contributed by atoms with Crippen LogP contribution in [0.25, 0.3) is 0 Å². The summed E-state index contributed by atoms with van der Waals surface area (Å²) in [5, 5.41) is 0. The first-order valence-corrected chi connectivity index (χ1v) is 4.02. The van der Waals surface area contributed by atoms with Crippen LogP contribution in [0.15, 0.2) is 0 Å². The number of hydrogen-bond donors (Lipinski definition) is 0. The Kier molecular flexibility index (Phi) is 4.91. The van der Waals surface area contributed by atoms with E-state index in [1.807, 2.05) is 6.05 Å². The molecule has 0 bridgehead atoms. The van der Waals surface area contributed by atoms with Gasteiger partial charge in [0.1, 0.15) is 0 Å². The molecule has 0 heterocycles. The molecule has 0 saturated heterocycles. The van der Waals surface area contributed by atoms with Crippen LogP contribution in [0.3, 0.4) is 0 Å². The van der Waals surface area contributed by atoms with Crippen LogP contribution in [0.5, 0.6) is 0 Å². The Morgan fingerprint density at radius 1 is 1.00 bits per heavy atom. The summed E-state index contributed by atoms with van der Waals surface area (Å²) in [4.78, 5) is 0. The molecule has 0 unspecified atom stereocenters. The Labute approximate surface area is 68.5 Å². The summed E-state index contributed by atoms with van der Waals surface area (Å²) in [5.41, 5.74) is 0. The second-order valence-electron chi connectivity index (χ2n) is 3.20. The third-order valence-electron chi connectivity index (χ3n) is 1.70. The Morgan fingerprint density at radius 2 is 1.33 bits per heavy atom. The quantitative estimate of drug-likeness (QED) is 0.344. The van der Waals surface area contributed by atoms with Crippen molar-refractivity contribution >= 4 is 68.2 Å². The van der Waals surface area contributed by atoms with Crippen molar-refractivity contribution in [2.45, 2.75) is 0 Å². The second-order valence-corrected chi connectivity index (χ2v) is 3.47. The zero-order valence-corrected chi connectivity index (χ0v) is 7.53. The summed E-state index contributed by atoms with van der Waals surface area (Å²) >= 11 is 4.90. The fourth-order valence-corrected chi connectivity index (χ4v) is 1.71. The van der Waals surface area contributed by atoms with Crippen LogP contribution in [0.1, 0.15) is 0 Å². The van der Waals surface area contributed by atoms with Gasteiger partial charge in [-0.3, -0.25) is 0 Å². The van der Waals surface area contributed by atoms with Gasteiger partial charge in [-0.2, -0.15) is 0 Å². The monoisotopic (exact) mass is 128 g/mol. The van der Waals surface area contributed by atoms with Crippen LogP contribution in [0, 0.1) is 0 Å². The zero-order chi connectivity index (χ0) is 7.44. The van der Waals surface area contributed by atoms with Crippen LogP contribution < -0.4 is 0 Å². The first-order valence-electron chi connectivity index (χ1n) is 3.55. The summed E-state index contributed by atoms with van der Waals surface area (Å²) in [6.45, 7) is 0. The maximum absolute atomic E-state index is 4.90. The Morgan fingerprint density at radius 3 is 1.33 bits per heavy atom. The second kappa shape index (κ2) is 4.54. The van der Waals surface area contributed by atoms with E-state index in [9.17, 15) is 0 Å². The molecule has 9 heteroatoms. The zero-order valence-electron chi connectivity index (χ0n) is 6.72. The molecule has 9 heavy (non-hydrogen) atoms. The van der Waals surface area contributed by atoms with E-state index in [-0.39, 0.29) is 0 Å². The summed E-state index contributed by atoms with van der Waals surface area (Å²) < 4.78 is 0. The third-order valence-corrected chi connectivity index (χ3v) is 2.01. The first kappa shape index (κ1) is 9.74. The molecule has 0 nitrogen and oxygen atoms in total. The third kappa shape index (κ3) is 3.44. The Balaban J connectivity index is 3.82. The molecule has 0 spiro atoms. The number of hydrogen-bond acceptors (Lipinski definition) is 1. The van der Waals surface area contributed by atoms with Gasteiger partial charge in [-0.15, -0.1) is 0 Å². The van der Waals surface area contributed by atoms with Crippen LogP contribution in [-0.2, 0) is 0 Å². The topological polar surface area (TPSA) is 0 Å². The standard InChI is InChI=1S/B8H8S/c1-6(2)8(5-9)7(3)4/h1-4H2. The normalized spacial score (nSPS) is 7.56. The van der Waals surface area contributed by atoms with Gasteiger partial charge < -0.3 is 0 Å². The predicted molar refractivity (Wildman–Crippen MR) is 64.8 cm³/mol. The molecule has 0 fully saturated rings. The summed E-state index contributed by atoms with van der Waals surface area (Å²) in [6.07, 6.45) is 2.00. The molecular weight excluding hydrogens is 119 g/mol. The molecule has 0 atom stereocenters. The van der Waals surface area contributed by atoms with Gasteiger partial charge in [0.2, 0.25) is 0 Å². The molecule has 0 rings (SSSR count). The van der Waals surface area contributed by atoms with Crippen molar-refractivity contribution in [3.63, 3.8) is 0 Å². The first-order chi connectivity index (χ1) is 4.09. The molecule has 0 N–H and O–H groups in total. The van der Waals surface area contributed by atoms with Gasteiger partial charge in [0.15, 0.2) is 0 Å². The predicted octanol–water partition coefficient (Wildman–Crippen LogP) is -4.54. The van der Waals surface area contributed by atoms with Gasteiger partial charge >= 0.3 is 68.2 Å². The Hall–Kier alpha value is 0.739. The number of rotatable bonds is 3. The van der Waals surface area contributed by atoms with E-state index in [1.165, 1.54) is 0 Å². The molecule has 0 amide bonds. The minimum atomic E-state index is 0.611. The van der Waals surface area contributed by atoms with Gasteiger partial charge in [-0.05, 0) is 0 Å². The molecule has 0 aliphatic carbocycles. The molecule has 0 aromatic carbocycles. The van der Waals surface area contributed by atoms with Crippen molar-refractivity contribution in [3.8, 4) is 0 Å². The Bertz CT molecular complexity index is 76.6. The van der Waals surface area contributed by atoms with Gasteiger partial charge in [0, 0.05) is 0 Å². The molecule has 0 radical (unpaired) electrons. The van der Waals surface area contributed by atoms with Crippen LogP contribution in [0.2, 0.25) is 0 Å². The average Bonchev–Trinajstić information content (AvgIpc) is 1.64. The SMILES string of the molecule is BB(B)B(B=S)B(B)B. The van der Waals surface area contributed by atoms with E-state index in [1.54, 1.807) is 0 Å². The van der Waals surface area contributed by atoms with Crippen molar-refractivity contribution in [2.24, 2.45) is 0 Å². The van der Waals surface area contributed by atoms with Crippen LogP contribution >= 0.6 is 12.1 Å². The van der Waals surface area contributed by atoms with Crippen LogP contribution in [0.4, 0.5) is 0 Å². The van der Waals surface area contributed by atoms with E-state index in [4.69, 9.17) is 12.1 Å². The molecule has 0 aliphatic heterocycles. The molecule has 0 aliphatic rings. The van der Waals surface area contributed by atoms with E-state index in [0.29, 0.717) is 19.2 Å². The van der Waals surface area contributed by atoms with E-state index >= 15 is 0 Å². The van der Waals surface area contributed by atoms with Crippen molar-refractivity contribution in [3.05, 3.63) is 0 Å². The van der Waals surface area contributed by atoms with Crippen molar-refractivity contribution < 1.29 is 0 Å². The fraction of sp³-hybridized carbons (Fsp3) is 0. The molecule has 38 valence electrons. The summed E-state index contributed by atoms with van der Waals surface area (Å²) in [6, 6.07) is 1.90. The van der Waals surface area contributed by atoms with Gasteiger partial charge in [0.25, 0.3) is 0 Å². The van der Waals surface area contributed by atoms with Gasteiger partial charge in [-0.1, -0.05) is 0 Å². The fourth-order valence-electron chi connectivity index (χ4n) is 1.08. The van der Waals surface area contributed by atoms with Crippen molar-refractivity contribution in [1.82, 2.24) is 0 Å². The molecular formula is H8B8S. The molecule has 0 aromatic rings. The summed E-state index contributed by atoms with van der Waals surface area (Å²) in [7, 11) is 8.86. The van der Waals surface area contributed by atoms with Crippen molar-refractivity contribution in [1.29, 1.82) is 0 Å². The van der Waals surface area contributed by atoms with Gasteiger partial charge in [-0.25, -0.2) is 0 Å². The minimum absolute atomic E-state index is 0.611. The van der Waals surface area contributed by atoms with Crippen LogP contribution in [-0.4, -0.2) is 56.1 Å². The van der Waals surface area contributed by atoms with E-state index < -0.39 is 0 Å².